The highest BCUT2D eigenvalue weighted by atomic mass is 16.6. The molecule has 0 unspecified atom stereocenters. The van der Waals surface area contributed by atoms with Crippen LogP contribution in [0.1, 0.15) is 43.5 Å². The second-order valence-corrected chi connectivity index (χ2v) is 5.18. The number of nitrogens with zero attached hydrogens (tertiary/aromatic N) is 2. The minimum absolute atomic E-state index is 0.114. The summed E-state index contributed by atoms with van der Waals surface area (Å²) < 4.78 is 5.61. The molecule has 0 aliphatic rings. The Morgan fingerprint density at radius 1 is 1.40 bits per heavy atom. The maximum Gasteiger partial charge on any atom is 0.278 e. The summed E-state index contributed by atoms with van der Waals surface area (Å²) in [6.45, 7) is 8.09. The molecule has 6 nitrogen and oxygen atoms in total. The number of nitrogens with two attached hydrogens (primary N) is 1. The first-order valence-electron chi connectivity index (χ1n) is 6.80. The lowest BCUT2D eigenvalue weighted by atomic mass is 9.96. The largest absolute Gasteiger partial charge is 0.373 e. The summed E-state index contributed by atoms with van der Waals surface area (Å²) >= 11 is 0. The second-order valence-electron chi connectivity index (χ2n) is 5.18. The van der Waals surface area contributed by atoms with E-state index >= 15 is 0 Å². The third-order valence-corrected chi connectivity index (χ3v) is 3.79. The van der Waals surface area contributed by atoms with Crippen molar-refractivity contribution in [3.8, 4) is 0 Å². The van der Waals surface area contributed by atoms with Crippen LogP contribution in [0.25, 0.3) is 0 Å². The Bertz CT molecular complexity index is 485. The number of rotatable bonds is 7. The maximum atomic E-state index is 11.0. The minimum Gasteiger partial charge on any atom is -0.373 e. The first-order chi connectivity index (χ1) is 9.34. The van der Waals surface area contributed by atoms with Gasteiger partial charge in [0, 0.05) is 17.3 Å². The molecule has 0 amide bonds. The zero-order valence-electron chi connectivity index (χ0n) is 12.6. The van der Waals surface area contributed by atoms with Crippen LogP contribution in [-0.2, 0) is 11.3 Å². The standard InChI is InChI=1S/C14H23N3O3/c1-5-14(15,6-2)9-20-8-12-11(4)13(17(18)19)10(3)7-16-12/h7H,5-6,8-9,15H2,1-4H3. The Kier molecular flexibility index (Phi) is 5.59. The Hall–Kier alpha value is -1.53. The van der Waals surface area contributed by atoms with Gasteiger partial charge in [0.15, 0.2) is 0 Å². The summed E-state index contributed by atoms with van der Waals surface area (Å²) in [5, 5.41) is 11.0. The summed E-state index contributed by atoms with van der Waals surface area (Å²) in [6.07, 6.45) is 3.16. The van der Waals surface area contributed by atoms with Crippen molar-refractivity contribution < 1.29 is 9.66 Å². The lowest BCUT2D eigenvalue weighted by Gasteiger charge is -2.26. The summed E-state index contributed by atoms with van der Waals surface area (Å²) in [6, 6.07) is 0. The number of aryl methyl sites for hydroxylation is 1. The van der Waals surface area contributed by atoms with E-state index in [1.807, 2.05) is 13.8 Å². The molecule has 2 N–H and O–H groups in total. The highest BCUT2D eigenvalue weighted by molar-refractivity contribution is 5.47. The van der Waals surface area contributed by atoms with Crippen molar-refractivity contribution in [2.24, 2.45) is 5.73 Å². The average molecular weight is 281 g/mol. The summed E-state index contributed by atoms with van der Waals surface area (Å²) in [7, 11) is 0. The number of hydrogen-bond donors (Lipinski definition) is 1. The monoisotopic (exact) mass is 281 g/mol. The van der Waals surface area contributed by atoms with Crippen molar-refractivity contribution >= 4 is 5.69 Å². The topological polar surface area (TPSA) is 91.3 Å². The summed E-state index contributed by atoms with van der Waals surface area (Å²) in [5.41, 5.74) is 7.64. The molecule has 0 fully saturated rings. The maximum absolute atomic E-state index is 11.0. The molecule has 0 saturated heterocycles. The van der Waals surface area contributed by atoms with Crippen molar-refractivity contribution in [3.05, 3.63) is 33.1 Å². The molecular formula is C14H23N3O3. The Labute approximate surface area is 119 Å². The molecule has 0 saturated carbocycles. The number of aromatic nitrogens is 1. The van der Waals surface area contributed by atoms with E-state index in [2.05, 4.69) is 4.98 Å². The van der Waals surface area contributed by atoms with E-state index in [0.29, 0.717) is 23.4 Å². The first-order valence-corrected chi connectivity index (χ1v) is 6.80. The van der Waals surface area contributed by atoms with Gasteiger partial charge in [0.05, 0.1) is 29.4 Å². The normalized spacial score (nSPS) is 11.7. The SMILES string of the molecule is CCC(N)(CC)COCc1ncc(C)c([N+](=O)[O-])c1C. The molecule has 1 heterocycles. The van der Waals surface area contributed by atoms with E-state index in [4.69, 9.17) is 10.5 Å². The average Bonchev–Trinajstić information content (AvgIpc) is 2.41. The molecule has 0 aromatic carbocycles. The van der Waals surface area contributed by atoms with Crippen LogP contribution >= 0.6 is 0 Å². The molecule has 1 rings (SSSR count). The lowest BCUT2D eigenvalue weighted by molar-refractivity contribution is -0.386. The fourth-order valence-electron chi connectivity index (χ4n) is 2.00. The van der Waals surface area contributed by atoms with E-state index in [9.17, 15) is 10.1 Å². The molecule has 0 atom stereocenters. The molecule has 20 heavy (non-hydrogen) atoms. The highest BCUT2D eigenvalue weighted by Gasteiger charge is 2.22. The molecule has 6 heteroatoms. The van der Waals surface area contributed by atoms with Crippen molar-refractivity contribution in [1.29, 1.82) is 0 Å². The van der Waals surface area contributed by atoms with Crippen molar-refractivity contribution in [1.82, 2.24) is 4.98 Å². The number of hydrogen-bond acceptors (Lipinski definition) is 5. The van der Waals surface area contributed by atoms with E-state index in [1.54, 1.807) is 13.8 Å². The van der Waals surface area contributed by atoms with Crippen molar-refractivity contribution in [2.45, 2.75) is 52.7 Å². The predicted octanol–water partition coefficient (Wildman–Crippen LogP) is 2.64. The molecule has 0 aliphatic carbocycles. The third-order valence-electron chi connectivity index (χ3n) is 3.79. The fraction of sp³-hybridized carbons (Fsp3) is 0.643. The van der Waals surface area contributed by atoms with E-state index in [0.717, 1.165) is 12.8 Å². The Morgan fingerprint density at radius 2 is 2.00 bits per heavy atom. The van der Waals surface area contributed by atoms with Gasteiger partial charge in [-0.15, -0.1) is 0 Å². The van der Waals surface area contributed by atoms with Gasteiger partial charge in [0.1, 0.15) is 0 Å². The summed E-state index contributed by atoms with van der Waals surface area (Å²) in [5.74, 6) is 0. The molecule has 1 aromatic heterocycles. The van der Waals surface area contributed by atoms with Crippen LogP contribution in [0, 0.1) is 24.0 Å². The van der Waals surface area contributed by atoms with Gasteiger partial charge in [-0.1, -0.05) is 13.8 Å². The van der Waals surface area contributed by atoms with Crippen molar-refractivity contribution in [2.75, 3.05) is 6.61 Å². The predicted molar refractivity (Wildman–Crippen MR) is 77.5 cm³/mol. The summed E-state index contributed by atoms with van der Waals surface area (Å²) in [4.78, 5) is 14.9. The Morgan fingerprint density at radius 3 is 2.50 bits per heavy atom. The lowest BCUT2D eigenvalue weighted by Crippen LogP contribution is -2.43. The Balaban J connectivity index is 2.80. The molecule has 112 valence electrons. The zero-order chi connectivity index (χ0) is 15.3. The molecule has 0 radical (unpaired) electrons. The molecule has 0 spiro atoms. The van der Waals surface area contributed by atoms with Gasteiger partial charge in [-0.3, -0.25) is 15.1 Å². The number of ether oxygens (including phenoxy) is 1. The van der Waals surface area contributed by atoms with Gasteiger partial charge in [-0.25, -0.2) is 0 Å². The number of pyridine rings is 1. The number of nitro groups is 1. The quantitative estimate of drug-likeness (QED) is 0.612. The van der Waals surface area contributed by atoms with Crippen LogP contribution < -0.4 is 5.73 Å². The minimum atomic E-state index is -0.374. The van der Waals surface area contributed by atoms with E-state index in [-0.39, 0.29) is 22.8 Å². The van der Waals surface area contributed by atoms with Crippen molar-refractivity contribution in [3.63, 3.8) is 0 Å². The van der Waals surface area contributed by atoms with Gasteiger partial charge in [0.2, 0.25) is 0 Å². The van der Waals surface area contributed by atoms with Crippen LogP contribution in [0.5, 0.6) is 0 Å². The second kappa shape index (κ2) is 6.76. The van der Waals surface area contributed by atoms with Crippen LogP contribution in [0.2, 0.25) is 0 Å². The smallest absolute Gasteiger partial charge is 0.278 e. The zero-order valence-corrected chi connectivity index (χ0v) is 12.6. The highest BCUT2D eigenvalue weighted by Crippen LogP contribution is 2.24. The van der Waals surface area contributed by atoms with Gasteiger partial charge < -0.3 is 10.5 Å². The molecule has 0 bridgehead atoms. The third kappa shape index (κ3) is 3.74. The first kappa shape index (κ1) is 16.5. The molecule has 1 aromatic rings. The van der Waals surface area contributed by atoms with Gasteiger partial charge >= 0.3 is 0 Å². The van der Waals surface area contributed by atoms with Gasteiger partial charge in [-0.2, -0.15) is 0 Å². The van der Waals surface area contributed by atoms with E-state index in [1.165, 1.54) is 6.20 Å². The van der Waals surface area contributed by atoms with E-state index < -0.39 is 0 Å². The van der Waals surface area contributed by atoms with Gasteiger partial charge in [-0.05, 0) is 26.7 Å². The fourth-order valence-corrected chi connectivity index (χ4v) is 2.00. The van der Waals surface area contributed by atoms with Gasteiger partial charge in [0.25, 0.3) is 5.69 Å². The van der Waals surface area contributed by atoms with Crippen LogP contribution in [0.3, 0.4) is 0 Å². The van der Waals surface area contributed by atoms with Crippen LogP contribution in [0.15, 0.2) is 6.20 Å². The molecular weight excluding hydrogens is 258 g/mol. The molecule has 0 aliphatic heterocycles. The van der Waals surface area contributed by atoms with Crippen LogP contribution in [0.4, 0.5) is 5.69 Å². The van der Waals surface area contributed by atoms with Crippen LogP contribution in [-0.4, -0.2) is 22.1 Å².